The van der Waals surface area contributed by atoms with Crippen LogP contribution < -0.4 is 0 Å². The summed E-state index contributed by atoms with van der Waals surface area (Å²) in [6, 6.07) is 8.00. The van der Waals surface area contributed by atoms with Crippen LogP contribution in [-0.4, -0.2) is 0 Å². The number of rotatable bonds is 4. The van der Waals surface area contributed by atoms with Crippen molar-refractivity contribution in [3.8, 4) is 0 Å². The molecule has 69 valence electrons. The summed E-state index contributed by atoms with van der Waals surface area (Å²) >= 11 is 5.77. The van der Waals surface area contributed by atoms with Gasteiger partial charge in [-0.1, -0.05) is 35.9 Å². The molecule has 0 heterocycles. The van der Waals surface area contributed by atoms with E-state index in [1.807, 2.05) is 12.1 Å². The van der Waals surface area contributed by atoms with Crippen molar-refractivity contribution in [1.82, 2.24) is 0 Å². The first-order valence-corrected chi connectivity index (χ1v) is 4.89. The van der Waals surface area contributed by atoms with Gasteiger partial charge in [-0.15, -0.1) is 0 Å². The van der Waals surface area contributed by atoms with Crippen LogP contribution in [0.1, 0.15) is 18.4 Å². The maximum absolute atomic E-state index is 5.77. The molecule has 0 saturated carbocycles. The zero-order chi connectivity index (χ0) is 9.52. The Balaban J connectivity index is 2.37. The minimum absolute atomic E-state index is 0.803. The van der Waals surface area contributed by atoms with Gasteiger partial charge in [0.2, 0.25) is 0 Å². The van der Waals surface area contributed by atoms with Crippen LogP contribution in [0.5, 0.6) is 0 Å². The molecule has 0 amide bonds. The monoisotopic (exact) mass is 193 g/mol. The molecule has 1 radical (unpaired) electrons. The maximum Gasteiger partial charge on any atom is 0.0406 e. The van der Waals surface area contributed by atoms with Gasteiger partial charge >= 0.3 is 0 Å². The smallest absolute Gasteiger partial charge is 0.0406 e. The Labute approximate surface area is 85.2 Å². The highest BCUT2D eigenvalue weighted by molar-refractivity contribution is 6.30. The number of halogens is 1. The van der Waals surface area contributed by atoms with Crippen LogP contribution in [0.4, 0.5) is 0 Å². The third-order valence-corrected chi connectivity index (χ3v) is 2.10. The molecule has 13 heavy (non-hydrogen) atoms. The molecule has 0 aromatic heterocycles. The van der Waals surface area contributed by atoms with Gasteiger partial charge in [-0.2, -0.15) is 0 Å². The highest BCUT2D eigenvalue weighted by atomic mass is 35.5. The standard InChI is InChI=1S/C12H14Cl/c1-2-3-4-5-6-11-7-9-12(13)10-8-11/h3-4,7-10H,1-2,5-6H2/b4-3+. The van der Waals surface area contributed by atoms with E-state index in [1.54, 1.807) is 0 Å². The van der Waals surface area contributed by atoms with Crippen molar-refractivity contribution in [2.45, 2.75) is 19.3 Å². The Bertz CT molecular complexity index is 259. The second-order valence-electron chi connectivity index (χ2n) is 2.93. The molecule has 0 nitrogen and oxygen atoms in total. The fourth-order valence-corrected chi connectivity index (χ4v) is 1.26. The molecule has 0 bridgehead atoms. The van der Waals surface area contributed by atoms with Gasteiger partial charge in [-0.3, -0.25) is 0 Å². The molecular weight excluding hydrogens is 180 g/mol. The normalized spacial score (nSPS) is 10.9. The van der Waals surface area contributed by atoms with Gasteiger partial charge in [0.25, 0.3) is 0 Å². The van der Waals surface area contributed by atoms with E-state index in [-0.39, 0.29) is 0 Å². The van der Waals surface area contributed by atoms with E-state index in [2.05, 4.69) is 31.2 Å². The molecule has 1 heteroatoms. The van der Waals surface area contributed by atoms with Crippen molar-refractivity contribution in [1.29, 1.82) is 0 Å². The van der Waals surface area contributed by atoms with Gasteiger partial charge in [0.1, 0.15) is 0 Å². The highest BCUT2D eigenvalue weighted by Gasteiger charge is 1.90. The number of aryl methyl sites for hydroxylation is 1. The van der Waals surface area contributed by atoms with E-state index in [0.29, 0.717) is 0 Å². The molecule has 0 unspecified atom stereocenters. The molecule has 0 aliphatic rings. The Morgan fingerprint density at radius 3 is 2.46 bits per heavy atom. The van der Waals surface area contributed by atoms with Gasteiger partial charge in [-0.05, 0) is 43.9 Å². The van der Waals surface area contributed by atoms with Crippen LogP contribution in [0.25, 0.3) is 0 Å². The summed E-state index contributed by atoms with van der Waals surface area (Å²) in [5, 5.41) is 0.803. The lowest BCUT2D eigenvalue weighted by Gasteiger charge is -1.97. The van der Waals surface area contributed by atoms with Gasteiger partial charge < -0.3 is 0 Å². The first-order chi connectivity index (χ1) is 6.33. The summed E-state index contributed by atoms with van der Waals surface area (Å²) in [4.78, 5) is 0. The van der Waals surface area contributed by atoms with Crippen LogP contribution in [0.15, 0.2) is 36.4 Å². The fourth-order valence-electron chi connectivity index (χ4n) is 1.14. The van der Waals surface area contributed by atoms with Crippen molar-refractivity contribution in [3.05, 3.63) is 53.9 Å². The summed E-state index contributed by atoms with van der Waals surface area (Å²) in [7, 11) is 0. The van der Waals surface area contributed by atoms with E-state index in [0.717, 1.165) is 24.3 Å². The zero-order valence-electron chi connectivity index (χ0n) is 7.67. The van der Waals surface area contributed by atoms with E-state index >= 15 is 0 Å². The molecule has 0 spiro atoms. The number of hydrogen-bond donors (Lipinski definition) is 0. The average Bonchev–Trinajstić information content (AvgIpc) is 2.15. The van der Waals surface area contributed by atoms with Gasteiger partial charge in [0, 0.05) is 5.02 Å². The third-order valence-electron chi connectivity index (χ3n) is 1.85. The van der Waals surface area contributed by atoms with E-state index in [9.17, 15) is 0 Å². The van der Waals surface area contributed by atoms with E-state index < -0.39 is 0 Å². The lowest BCUT2D eigenvalue weighted by molar-refractivity contribution is 0.996. The Kier molecular flexibility index (Phi) is 4.63. The van der Waals surface area contributed by atoms with Crippen molar-refractivity contribution in [3.63, 3.8) is 0 Å². The minimum Gasteiger partial charge on any atom is -0.0885 e. The van der Waals surface area contributed by atoms with E-state index in [1.165, 1.54) is 5.56 Å². The largest absolute Gasteiger partial charge is 0.0885 e. The predicted molar refractivity (Wildman–Crippen MR) is 58.9 cm³/mol. The summed E-state index contributed by atoms with van der Waals surface area (Å²) in [6.07, 6.45) is 7.29. The fraction of sp³-hybridized carbons (Fsp3) is 0.250. The van der Waals surface area contributed by atoms with Crippen LogP contribution >= 0.6 is 11.6 Å². The molecule has 1 rings (SSSR count). The molecule has 1 aromatic carbocycles. The lowest BCUT2D eigenvalue weighted by atomic mass is 10.1. The first kappa shape index (κ1) is 10.3. The molecule has 0 fully saturated rings. The minimum atomic E-state index is 0.803. The van der Waals surface area contributed by atoms with E-state index in [4.69, 9.17) is 11.6 Å². The highest BCUT2D eigenvalue weighted by Crippen LogP contribution is 2.10. The second-order valence-corrected chi connectivity index (χ2v) is 3.36. The third kappa shape index (κ3) is 4.14. The van der Waals surface area contributed by atoms with Crippen molar-refractivity contribution >= 4 is 11.6 Å². The second kappa shape index (κ2) is 5.82. The van der Waals surface area contributed by atoms with Gasteiger partial charge in [0.15, 0.2) is 0 Å². The number of hydrogen-bond acceptors (Lipinski definition) is 0. The molecule has 1 aromatic rings. The summed E-state index contributed by atoms with van der Waals surface area (Å²) in [6.45, 7) is 3.74. The molecule has 0 N–H and O–H groups in total. The zero-order valence-corrected chi connectivity index (χ0v) is 8.43. The molecule has 0 saturated heterocycles. The van der Waals surface area contributed by atoms with Crippen molar-refractivity contribution in [2.75, 3.05) is 0 Å². The topological polar surface area (TPSA) is 0 Å². The molecule has 0 aliphatic carbocycles. The maximum atomic E-state index is 5.77. The SMILES string of the molecule is [CH2]C/C=C/CCc1ccc(Cl)cc1. The van der Waals surface area contributed by atoms with Crippen LogP contribution in [0.2, 0.25) is 5.02 Å². The summed E-state index contributed by atoms with van der Waals surface area (Å²) in [5.74, 6) is 0. The number of benzene rings is 1. The Morgan fingerprint density at radius 2 is 1.85 bits per heavy atom. The van der Waals surface area contributed by atoms with Crippen LogP contribution in [-0.2, 0) is 6.42 Å². The Morgan fingerprint density at radius 1 is 1.15 bits per heavy atom. The van der Waals surface area contributed by atoms with Crippen LogP contribution in [0, 0.1) is 6.92 Å². The van der Waals surface area contributed by atoms with Crippen LogP contribution in [0.3, 0.4) is 0 Å². The summed E-state index contributed by atoms with van der Waals surface area (Å²) in [5.41, 5.74) is 1.33. The summed E-state index contributed by atoms with van der Waals surface area (Å²) < 4.78 is 0. The Hall–Kier alpha value is -0.750. The van der Waals surface area contributed by atoms with Crippen molar-refractivity contribution in [2.24, 2.45) is 0 Å². The molecular formula is C12H14Cl. The first-order valence-electron chi connectivity index (χ1n) is 4.51. The van der Waals surface area contributed by atoms with Gasteiger partial charge in [0.05, 0.1) is 0 Å². The number of allylic oxidation sites excluding steroid dienone is 2. The van der Waals surface area contributed by atoms with Crippen molar-refractivity contribution < 1.29 is 0 Å². The lowest BCUT2D eigenvalue weighted by Crippen LogP contribution is -1.81. The van der Waals surface area contributed by atoms with Gasteiger partial charge in [-0.25, -0.2) is 0 Å². The predicted octanol–water partition coefficient (Wildman–Crippen LogP) is 4.05. The molecule has 0 aliphatic heterocycles. The molecule has 0 atom stereocenters. The average molecular weight is 194 g/mol. The quantitative estimate of drug-likeness (QED) is 0.633.